The van der Waals surface area contributed by atoms with Gasteiger partial charge in [-0.15, -0.1) is 23.7 Å². The van der Waals surface area contributed by atoms with Crippen LogP contribution in [-0.4, -0.2) is 35.4 Å². The first-order valence-corrected chi connectivity index (χ1v) is 7.32. The van der Waals surface area contributed by atoms with Gasteiger partial charge in [-0.1, -0.05) is 6.42 Å². The lowest BCUT2D eigenvalue weighted by Crippen LogP contribution is -2.29. The van der Waals surface area contributed by atoms with Gasteiger partial charge >= 0.3 is 0 Å². The molecule has 1 amide bonds. The number of amides is 1. The van der Waals surface area contributed by atoms with Crippen LogP contribution in [0.15, 0.2) is 5.38 Å². The average Bonchev–Trinajstić information content (AvgIpc) is 2.78. The molecule has 1 aromatic heterocycles. The molecule has 1 aromatic rings. The molecule has 1 saturated heterocycles. The molecular weight excluding hydrogens is 284 g/mol. The zero-order valence-corrected chi connectivity index (χ0v) is 12.6. The lowest BCUT2D eigenvalue weighted by Gasteiger charge is -2.25. The fourth-order valence-corrected chi connectivity index (χ4v) is 2.81. The summed E-state index contributed by atoms with van der Waals surface area (Å²) in [6.45, 7) is 3.58. The predicted molar refractivity (Wildman–Crippen MR) is 80.8 cm³/mol. The molecule has 5 nitrogen and oxygen atoms in total. The molecule has 0 saturated carbocycles. The highest BCUT2D eigenvalue weighted by atomic mass is 35.5. The van der Waals surface area contributed by atoms with Gasteiger partial charge in [0.05, 0.1) is 5.69 Å². The lowest BCUT2D eigenvalue weighted by molar-refractivity contribution is -0.116. The van der Waals surface area contributed by atoms with Crippen LogP contribution in [0.3, 0.4) is 0 Å². The topological polar surface area (TPSA) is 71.2 Å². The monoisotopic (exact) mass is 304 g/mol. The van der Waals surface area contributed by atoms with E-state index in [0.29, 0.717) is 18.1 Å². The second-order valence-corrected chi connectivity index (χ2v) is 5.43. The van der Waals surface area contributed by atoms with E-state index in [2.05, 4.69) is 15.2 Å². The van der Waals surface area contributed by atoms with Gasteiger partial charge in [0, 0.05) is 24.9 Å². The molecule has 108 valence electrons. The van der Waals surface area contributed by atoms with Crippen LogP contribution in [0, 0.1) is 0 Å². The number of nitrogens with one attached hydrogen (secondary N) is 1. The first-order chi connectivity index (χ1) is 8.78. The van der Waals surface area contributed by atoms with E-state index in [9.17, 15) is 4.79 Å². The minimum absolute atomic E-state index is 0. The van der Waals surface area contributed by atoms with Crippen LogP contribution < -0.4 is 11.1 Å². The molecule has 19 heavy (non-hydrogen) atoms. The molecule has 0 spiro atoms. The van der Waals surface area contributed by atoms with E-state index in [0.717, 1.165) is 25.3 Å². The minimum atomic E-state index is -0.0589. The molecule has 1 aliphatic heterocycles. The molecule has 2 rings (SSSR count). The van der Waals surface area contributed by atoms with Crippen LogP contribution in [-0.2, 0) is 11.3 Å². The number of carbonyl (C=O) groups excluding carboxylic acids is 1. The van der Waals surface area contributed by atoms with Crippen molar-refractivity contribution in [3.8, 4) is 0 Å². The maximum absolute atomic E-state index is 11.4. The predicted octanol–water partition coefficient (Wildman–Crippen LogP) is 1.84. The average molecular weight is 305 g/mol. The van der Waals surface area contributed by atoms with Crippen LogP contribution in [0.5, 0.6) is 0 Å². The number of hydrogen-bond donors (Lipinski definition) is 2. The highest BCUT2D eigenvalue weighted by Crippen LogP contribution is 2.18. The number of thiazole rings is 1. The van der Waals surface area contributed by atoms with Crippen LogP contribution in [0.4, 0.5) is 5.13 Å². The van der Waals surface area contributed by atoms with Crippen molar-refractivity contribution < 1.29 is 4.79 Å². The Kier molecular flexibility index (Phi) is 7.30. The molecule has 0 bridgehead atoms. The first-order valence-electron chi connectivity index (χ1n) is 6.44. The summed E-state index contributed by atoms with van der Waals surface area (Å²) < 4.78 is 0. The molecule has 2 heterocycles. The van der Waals surface area contributed by atoms with Gasteiger partial charge < -0.3 is 11.1 Å². The maximum Gasteiger partial charge on any atom is 0.227 e. The van der Waals surface area contributed by atoms with E-state index in [1.807, 2.05) is 5.38 Å². The second-order valence-electron chi connectivity index (χ2n) is 4.57. The molecule has 7 heteroatoms. The number of anilines is 1. The Morgan fingerprint density at radius 3 is 2.84 bits per heavy atom. The van der Waals surface area contributed by atoms with Crippen LogP contribution in [0.1, 0.15) is 31.4 Å². The maximum atomic E-state index is 11.4. The largest absolute Gasteiger partial charge is 0.330 e. The first kappa shape index (κ1) is 16.4. The number of aromatic nitrogens is 1. The van der Waals surface area contributed by atoms with Gasteiger partial charge in [-0.05, 0) is 25.9 Å². The molecule has 3 N–H and O–H groups in total. The number of hydrogen-bond acceptors (Lipinski definition) is 5. The minimum Gasteiger partial charge on any atom is -0.330 e. The number of rotatable bonds is 5. The molecule has 1 fully saturated rings. The summed E-state index contributed by atoms with van der Waals surface area (Å²) in [6, 6.07) is 0. The molecule has 0 atom stereocenters. The van der Waals surface area contributed by atoms with E-state index >= 15 is 0 Å². The smallest absolute Gasteiger partial charge is 0.227 e. The number of nitrogens with zero attached hydrogens (tertiary/aromatic N) is 2. The summed E-state index contributed by atoms with van der Waals surface area (Å²) >= 11 is 1.48. The van der Waals surface area contributed by atoms with Crippen molar-refractivity contribution in [2.45, 2.75) is 32.2 Å². The fourth-order valence-electron chi connectivity index (χ4n) is 2.10. The number of piperidine rings is 1. The van der Waals surface area contributed by atoms with E-state index in [1.165, 1.54) is 30.6 Å². The molecule has 1 aliphatic rings. The number of halogens is 1. The third-order valence-corrected chi connectivity index (χ3v) is 3.81. The Hall–Kier alpha value is -0.690. The fraction of sp³-hybridized carbons (Fsp3) is 0.667. The number of carbonyl (C=O) groups is 1. The van der Waals surface area contributed by atoms with Gasteiger partial charge in [0.1, 0.15) is 0 Å². The van der Waals surface area contributed by atoms with Crippen molar-refractivity contribution in [1.82, 2.24) is 9.88 Å². The Balaban J connectivity index is 0.00000180. The molecule has 0 unspecified atom stereocenters. The summed E-state index contributed by atoms with van der Waals surface area (Å²) in [7, 11) is 0. The Morgan fingerprint density at radius 2 is 2.16 bits per heavy atom. The van der Waals surface area contributed by atoms with Gasteiger partial charge in [0.25, 0.3) is 0 Å². The van der Waals surface area contributed by atoms with E-state index < -0.39 is 0 Å². The molecule has 0 radical (unpaired) electrons. The van der Waals surface area contributed by atoms with Gasteiger partial charge in [0.15, 0.2) is 5.13 Å². The standard InChI is InChI=1S/C12H20N4OS.ClH/c13-5-4-11(17)15-12-14-10(9-18-12)8-16-6-2-1-3-7-16;/h9H,1-8,13H2,(H,14,15,17);1H. The second kappa shape index (κ2) is 8.47. The Morgan fingerprint density at radius 1 is 1.42 bits per heavy atom. The van der Waals surface area contributed by atoms with Gasteiger partial charge in [-0.3, -0.25) is 9.69 Å². The third kappa shape index (κ3) is 5.44. The molecule has 0 aromatic carbocycles. The zero-order chi connectivity index (χ0) is 12.8. The van der Waals surface area contributed by atoms with E-state index in [4.69, 9.17) is 5.73 Å². The summed E-state index contributed by atoms with van der Waals surface area (Å²) in [5, 5.41) is 5.47. The highest BCUT2D eigenvalue weighted by molar-refractivity contribution is 7.13. The van der Waals surface area contributed by atoms with Crippen molar-refractivity contribution in [3.05, 3.63) is 11.1 Å². The third-order valence-electron chi connectivity index (χ3n) is 3.00. The van der Waals surface area contributed by atoms with Crippen molar-refractivity contribution >= 4 is 34.8 Å². The van der Waals surface area contributed by atoms with Crippen LogP contribution >= 0.6 is 23.7 Å². The lowest BCUT2D eigenvalue weighted by atomic mass is 10.1. The summed E-state index contributed by atoms with van der Waals surface area (Å²) in [4.78, 5) is 18.2. The van der Waals surface area contributed by atoms with Gasteiger partial charge in [-0.2, -0.15) is 0 Å². The van der Waals surface area contributed by atoms with Crippen LogP contribution in [0.25, 0.3) is 0 Å². The van der Waals surface area contributed by atoms with E-state index in [-0.39, 0.29) is 18.3 Å². The summed E-state index contributed by atoms with van der Waals surface area (Å²) in [5.74, 6) is -0.0589. The summed E-state index contributed by atoms with van der Waals surface area (Å²) in [6.07, 6.45) is 4.25. The molecular formula is C12H21ClN4OS. The normalized spacial score (nSPS) is 15.8. The Bertz CT molecular complexity index is 393. The van der Waals surface area contributed by atoms with Crippen molar-refractivity contribution in [2.24, 2.45) is 5.73 Å². The zero-order valence-electron chi connectivity index (χ0n) is 10.9. The van der Waals surface area contributed by atoms with Crippen LogP contribution in [0.2, 0.25) is 0 Å². The SMILES string of the molecule is Cl.NCCC(=O)Nc1nc(CN2CCCCC2)cs1. The Labute approximate surface area is 124 Å². The number of nitrogens with two attached hydrogens (primary N) is 1. The van der Waals surface area contributed by atoms with Crippen molar-refractivity contribution in [1.29, 1.82) is 0 Å². The summed E-state index contributed by atoms with van der Waals surface area (Å²) in [5.41, 5.74) is 6.37. The molecule has 0 aliphatic carbocycles. The highest BCUT2D eigenvalue weighted by Gasteiger charge is 2.12. The van der Waals surface area contributed by atoms with Crippen molar-refractivity contribution in [3.63, 3.8) is 0 Å². The van der Waals surface area contributed by atoms with E-state index in [1.54, 1.807) is 0 Å². The van der Waals surface area contributed by atoms with Crippen molar-refractivity contribution in [2.75, 3.05) is 25.0 Å². The number of likely N-dealkylation sites (tertiary alicyclic amines) is 1. The van der Waals surface area contributed by atoms with Gasteiger partial charge in [-0.25, -0.2) is 4.98 Å². The quantitative estimate of drug-likeness (QED) is 0.871. The van der Waals surface area contributed by atoms with Gasteiger partial charge in [0.2, 0.25) is 5.91 Å².